The van der Waals surface area contributed by atoms with Crippen molar-refractivity contribution in [3.05, 3.63) is 65.4 Å². The van der Waals surface area contributed by atoms with Crippen molar-refractivity contribution in [2.45, 2.75) is 26.7 Å². The second kappa shape index (κ2) is 3.76. The van der Waals surface area contributed by atoms with Crippen molar-refractivity contribution in [2.75, 3.05) is 0 Å². The summed E-state index contributed by atoms with van der Waals surface area (Å²) in [6.45, 7) is 4.52. The van der Waals surface area contributed by atoms with E-state index in [1.165, 1.54) is 23.1 Å². The van der Waals surface area contributed by atoms with Crippen LogP contribution < -0.4 is 0 Å². The summed E-state index contributed by atoms with van der Waals surface area (Å²) >= 11 is 0. The molecular weight excluding hydrogens is 192 g/mol. The minimum atomic E-state index is 0.608. The number of hydrogen-bond acceptors (Lipinski definition) is 0. The van der Waals surface area contributed by atoms with Crippen LogP contribution in [0.3, 0.4) is 0 Å². The first kappa shape index (κ1) is 10.1. The fourth-order valence-electron chi connectivity index (χ4n) is 2.78. The number of hydrogen-bond donors (Lipinski definition) is 0. The van der Waals surface area contributed by atoms with Crippen LogP contribution in [0.1, 0.15) is 26.7 Å². The normalized spacial score (nSPS) is 30.1. The molecule has 0 bridgehead atoms. The second-order valence-corrected chi connectivity index (χ2v) is 5.06. The molecule has 3 rings (SSSR count). The van der Waals surface area contributed by atoms with Crippen molar-refractivity contribution >= 4 is 0 Å². The van der Waals surface area contributed by atoms with Gasteiger partial charge in [-0.15, -0.1) is 0 Å². The van der Waals surface area contributed by atoms with Crippen LogP contribution in [0.5, 0.6) is 0 Å². The monoisotopic (exact) mass is 209 g/mol. The van der Waals surface area contributed by atoms with Crippen molar-refractivity contribution in [2.24, 2.45) is 5.92 Å². The Hall–Kier alpha value is -1.04. The molecule has 0 heterocycles. The summed E-state index contributed by atoms with van der Waals surface area (Å²) in [6, 6.07) is 0. The summed E-state index contributed by atoms with van der Waals surface area (Å²) in [5.41, 5.74) is 4.38. The molecule has 0 nitrogen and oxygen atoms in total. The Balaban J connectivity index is 1.98. The lowest BCUT2D eigenvalue weighted by Crippen LogP contribution is -2.23. The van der Waals surface area contributed by atoms with Crippen LogP contribution in [0, 0.1) is 24.2 Å². The van der Waals surface area contributed by atoms with Crippen LogP contribution in [0.25, 0.3) is 0 Å². The van der Waals surface area contributed by atoms with Crippen molar-refractivity contribution in [3.63, 3.8) is 0 Å². The molecule has 0 aliphatic heterocycles. The number of fused-ring (bicyclic) bond motifs is 2. The molecule has 0 N–H and O–H groups in total. The van der Waals surface area contributed by atoms with Gasteiger partial charge in [0.25, 0.3) is 0 Å². The van der Waals surface area contributed by atoms with Gasteiger partial charge in [-0.05, 0) is 43.3 Å². The van der Waals surface area contributed by atoms with E-state index in [1.807, 2.05) is 0 Å². The first-order valence-electron chi connectivity index (χ1n) is 6.06. The molecule has 3 aliphatic carbocycles. The van der Waals surface area contributed by atoms with Gasteiger partial charge in [0.2, 0.25) is 0 Å². The van der Waals surface area contributed by atoms with E-state index < -0.39 is 0 Å². The van der Waals surface area contributed by atoms with Gasteiger partial charge in [-0.2, -0.15) is 0 Å². The average molecular weight is 209 g/mol. The molecular formula is C16H17. The van der Waals surface area contributed by atoms with Crippen LogP contribution >= 0.6 is 0 Å². The zero-order chi connectivity index (χ0) is 11.1. The maximum absolute atomic E-state index is 2.36. The summed E-state index contributed by atoms with van der Waals surface area (Å²) in [7, 11) is 0. The highest BCUT2D eigenvalue weighted by Crippen LogP contribution is 2.46. The fraction of sp³-hybridized carbons (Fsp3) is 0.312. The highest BCUT2D eigenvalue weighted by Gasteiger charge is 2.32. The van der Waals surface area contributed by atoms with Gasteiger partial charge in [0.15, 0.2) is 0 Å². The minimum Gasteiger partial charge on any atom is -0.0802 e. The molecule has 0 heteroatoms. The second-order valence-electron chi connectivity index (χ2n) is 5.06. The molecule has 81 valence electrons. The topological polar surface area (TPSA) is 0 Å². The van der Waals surface area contributed by atoms with Crippen LogP contribution in [0.4, 0.5) is 0 Å². The summed E-state index contributed by atoms with van der Waals surface area (Å²) in [5, 5.41) is 0. The van der Waals surface area contributed by atoms with E-state index >= 15 is 0 Å². The third kappa shape index (κ3) is 1.61. The maximum Gasteiger partial charge on any atom is 0.00992 e. The lowest BCUT2D eigenvalue weighted by Gasteiger charge is -2.36. The van der Waals surface area contributed by atoms with E-state index in [0.717, 1.165) is 6.42 Å². The van der Waals surface area contributed by atoms with E-state index in [9.17, 15) is 0 Å². The van der Waals surface area contributed by atoms with Crippen molar-refractivity contribution in [3.8, 4) is 0 Å². The predicted octanol–water partition coefficient (Wildman–Crippen LogP) is 4.15. The average Bonchev–Trinajstić information content (AvgIpc) is 2.28. The molecule has 1 atom stereocenters. The van der Waals surface area contributed by atoms with Gasteiger partial charge in [-0.3, -0.25) is 0 Å². The highest BCUT2D eigenvalue weighted by molar-refractivity contribution is 5.58. The van der Waals surface area contributed by atoms with Crippen LogP contribution in [0.2, 0.25) is 0 Å². The molecule has 0 amide bonds. The first-order valence-corrected chi connectivity index (χ1v) is 6.06. The lowest BCUT2D eigenvalue weighted by atomic mass is 9.68. The molecule has 0 aromatic heterocycles. The predicted molar refractivity (Wildman–Crippen MR) is 68.2 cm³/mol. The van der Waals surface area contributed by atoms with Gasteiger partial charge in [-0.25, -0.2) is 0 Å². The Morgan fingerprint density at radius 2 is 2.00 bits per heavy atom. The van der Waals surface area contributed by atoms with Gasteiger partial charge in [0.05, 0.1) is 0 Å². The van der Waals surface area contributed by atoms with Crippen LogP contribution in [-0.2, 0) is 0 Å². The Labute approximate surface area is 98.4 Å². The van der Waals surface area contributed by atoms with Crippen molar-refractivity contribution in [1.82, 2.24) is 0 Å². The SMILES string of the molecule is CC1=CC=C2C=C3C=C[CH]C(C)[C]3C[C]2C1. The van der Waals surface area contributed by atoms with E-state index in [1.54, 1.807) is 11.8 Å². The smallest absolute Gasteiger partial charge is 0.00992 e. The molecule has 1 unspecified atom stereocenters. The Morgan fingerprint density at radius 3 is 2.88 bits per heavy atom. The Bertz CT molecular complexity index is 417. The molecule has 0 aromatic rings. The standard InChI is InChI=1S/C16H17/c1-11-6-7-13-9-14-5-3-4-12(2)16(14)10-15(13)8-11/h3-7,9,12H,8,10H2,1-2H3. The summed E-state index contributed by atoms with van der Waals surface area (Å²) in [4.78, 5) is 0. The third-order valence-electron chi connectivity index (χ3n) is 3.76. The lowest BCUT2D eigenvalue weighted by molar-refractivity contribution is 0.635. The van der Waals surface area contributed by atoms with E-state index in [0.29, 0.717) is 5.92 Å². The number of rotatable bonds is 0. The zero-order valence-electron chi connectivity index (χ0n) is 9.96. The molecule has 0 saturated heterocycles. The van der Waals surface area contributed by atoms with Gasteiger partial charge in [-0.1, -0.05) is 42.9 Å². The summed E-state index contributed by atoms with van der Waals surface area (Å²) in [6.07, 6.45) is 16.0. The first-order chi connectivity index (χ1) is 7.74. The molecule has 3 aliphatic rings. The third-order valence-corrected chi connectivity index (χ3v) is 3.76. The molecule has 0 spiro atoms. The van der Waals surface area contributed by atoms with E-state index in [4.69, 9.17) is 0 Å². The minimum absolute atomic E-state index is 0.608. The number of allylic oxidation sites excluding steroid dienone is 8. The highest BCUT2D eigenvalue weighted by atomic mass is 14.4. The van der Waals surface area contributed by atoms with Crippen molar-refractivity contribution in [1.29, 1.82) is 0 Å². The largest absolute Gasteiger partial charge is 0.0802 e. The fourth-order valence-corrected chi connectivity index (χ4v) is 2.78. The Kier molecular flexibility index (Phi) is 2.38. The van der Waals surface area contributed by atoms with E-state index in [-0.39, 0.29) is 0 Å². The van der Waals surface area contributed by atoms with E-state index in [2.05, 4.69) is 50.6 Å². The molecule has 0 saturated carbocycles. The van der Waals surface area contributed by atoms with Crippen LogP contribution in [-0.4, -0.2) is 0 Å². The zero-order valence-corrected chi connectivity index (χ0v) is 9.96. The molecule has 3 radical (unpaired) electrons. The summed E-state index contributed by atoms with van der Waals surface area (Å²) < 4.78 is 0. The Morgan fingerprint density at radius 1 is 1.12 bits per heavy atom. The van der Waals surface area contributed by atoms with Gasteiger partial charge in [0, 0.05) is 11.8 Å². The molecule has 0 aromatic carbocycles. The maximum atomic E-state index is 2.36. The van der Waals surface area contributed by atoms with Gasteiger partial charge < -0.3 is 0 Å². The van der Waals surface area contributed by atoms with Crippen molar-refractivity contribution < 1.29 is 0 Å². The summed E-state index contributed by atoms with van der Waals surface area (Å²) in [5.74, 6) is 3.81. The quantitative estimate of drug-likeness (QED) is 0.562. The van der Waals surface area contributed by atoms with Gasteiger partial charge in [0.1, 0.15) is 0 Å². The molecule has 16 heavy (non-hydrogen) atoms. The molecule has 0 fully saturated rings. The van der Waals surface area contributed by atoms with Crippen LogP contribution in [0.15, 0.2) is 47.1 Å². The van der Waals surface area contributed by atoms with Gasteiger partial charge >= 0.3 is 0 Å².